The number of halogens is 1. The molecule has 0 aliphatic rings. The fourth-order valence-corrected chi connectivity index (χ4v) is 3.00. The molecule has 0 amide bonds. The number of carbonyl (C=O) groups is 3. The first-order valence-electron chi connectivity index (χ1n) is 8.59. The highest BCUT2D eigenvalue weighted by molar-refractivity contribution is 6.31. The third-order valence-electron chi connectivity index (χ3n) is 4.13. The molecule has 0 bridgehead atoms. The summed E-state index contributed by atoms with van der Waals surface area (Å²) >= 11 is 6.04. The molecule has 0 unspecified atom stereocenters. The molecule has 1 N–H and O–H groups in total. The molecule has 144 valence electrons. The standard InChI is InChI=1S/C20H22ClNO5/c1-5-26-20(25)17-11(2)18(22-12(17)3)19(24)13(4)27-16(23)10-14-8-6-7-9-15(14)21/h6-9,13,22H,5,10H2,1-4H3/t13-/m1/s1. The van der Waals surface area contributed by atoms with Crippen molar-refractivity contribution >= 4 is 29.3 Å². The van der Waals surface area contributed by atoms with Crippen LogP contribution in [0.25, 0.3) is 0 Å². The lowest BCUT2D eigenvalue weighted by Gasteiger charge is -2.12. The van der Waals surface area contributed by atoms with Crippen LogP contribution in [0.5, 0.6) is 0 Å². The molecule has 7 heteroatoms. The first-order chi connectivity index (χ1) is 12.8. The number of aromatic nitrogens is 1. The molecule has 1 aromatic heterocycles. The minimum absolute atomic E-state index is 0.0336. The predicted molar refractivity (Wildman–Crippen MR) is 101 cm³/mol. The van der Waals surface area contributed by atoms with E-state index >= 15 is 0 Å². The number of rotatable bonds is 7. The number of ether oxygens (including phenoxy) is 2. The topological polar surface area (TPSA) is 85.5 Å². The number of hydrogen-bond acceptors (Lipinski definition) is 5. The van der Waals surface area contributed by atoms with Crippen LogP contribution in [0.3, 0.4) is 0 Å². The highest BCUT2D eigenvalue weighted by Crippen LogP contribution is 2.21. The summed E-state index contributed by atoms with van der Waals surface area (Å²) in [7, 11) is 0. The summed E-state index contributed by atoms with van der Waals surface area (Å²) in [5.41, 5.74) is 2.19. The summed E-state index contributed by atoms with van der Waals surface area (Å²) in [5.74, 6) is -1.47. The molecular formula is C20H22ClNO5. The number of esters is 2. The van der Waals surface area contributed by atoms with Gasteiger partial charge in [-0.1, -0.05) is 29.8 Å². The number of ketones is 1. The van der Waals surface area contributed by atoms with E-state index < -0.39 is 23.8 Å². The zero-order valence-electron chi connectivity index (χ0n) is 15.7. The zero-order valence-corrected chi connectivity index (χ0v) is 16.5. The average molecular weight is 392 g/mol. The molecule has 0 aliphatic carbocycles. The number of H-pyrrole nitrogens is 1. The maximum atomic E-state index is 12.7. The first kappa shape index (κ1) is 20.7. The van der Waals surface area contributed by atoms with Gasteiger partial charge in [-0.15, -0.1) is 0 Å². The van der Waals surface area contributed by atoms with Crippen LogP contribution in [0.1, 0.15) is 51.5 Å². The number of carbonyl (C=O) groups excluding carboxylic acids is 3. The predicted octanol–water partition coefficient (Wildman–Crippen LogP) is 3.82. The summed E-state index contributed by atoms with van der Waals surface area (Å²) in [6.07, 6.45) is -1.04. The fraction of sp³-hybridized carbons (Fsp3) is 0.350. The minimum Gasteiger partial charge on any atom is -0.462 e. The molecule has 27 heavy (non-hydrogen) atoms. The maximum Gasteiger partial charge on any atom is 0.340 e. The van der Waals surface area contributed by atoms with E-state index in [2.05, 4.69) is 4.98 Å². The third-order valence-corrected chi connectivity index (χ3v) is 4.50. The molecule has 0 fully saturated rings. The van der Waals surface area contributed by atoms with Crippen molar-refractivity contribution in [3.05, 3.63) is 57.4 Å². The molecule has 2 aromatic rings. The van der Waals surface area contributed by atoms with Crippen molar-refractivity contribution in [2.24, 2.45) is 0 Å². The summed E-state index contributed by atoms with van der Waals surface area (Å²) in [5, 5.41) is 0.461. The van der Waals surface area contributed by atoms with E-state index in [1.165, 1.54) is 6.92 Å². The van der Waals surface area contributed by atoms with E-state index in [4.69, 9.17) is 21.1 Å². The van der Waals surface area contributed by atoms with Gasteiger partial charge in [-0.2, -0.15) is 0 Å². The molecule has 2 rings (SSSR count). The largest absolute Gasteiger partial charge is 0.462 e. The Morgan fingerprint density at radius 1 is 1.19 bits per heavy atom. The fourth-order valence-electron chi connectivity index (χ4n) is 2.80. The van der Waals surface area contributed by atoms with Crippen molar-refractivity contribution in [2.45, 2.75) is 40.2 Å². The Labute approximate surface area is 162 Å². The van der Waals surface area contributed by atoms with Crippen molar-refractivity contribution in [2.75, 3.05) is 6.61 Å². The molecule has 0 saturated carbocycles. The Balaban J connectivity index is 2.11. The highest BCUT2D eigenvalue weighted by atomic mass is 35.5. The van der Waals surface area contributed by atoms with E-state index in [-0.39, 0.29) is 18.7 Å². The maximum absolute atomic E-state index is 12.7. The van der Waals surface area contributed by atoms with Crippen LogP contribution in [0.2, 0.25) is 5.02 Å². The van der Waals surface area contributed by atoms with Gasteiger partial charge in [0.2, 0.25) is 5.78 Å². The van der Waals surface area contributed by atoms with Gasteiger partial charge in [-0.25, -0.2) is 4.79 Å². The van der Waals surface area contributed by atoms with E-state index in [1.54, 1.807) is 45.0 Å². The second-order valence-corrected chi connectivity index (χ2v) is 6.52. The molecular weight excluding hydrogens is 370 g/mol. The molecule has 0 spiro atoms. The highest BCUT2D eigenvalue weighted by Gasteiger charge is 2.27. The van der Waals surface area contributed by atoms with Crippen LogP contribution < -0.4 is 0 Å². The Bertz CT molecular complexity index is 871. The second-order valence-electron chi connectivity index (χ2n) is 6.11. The van der Waals surface area contributed by atoms with Gasteiger partial charge in [0.05, 0.1) is 24.3 Å². The van der Waals surface area contributed by atoms with Crippen LogP contribution in [0, 0.1) is 13.8 Å². The number of Topliss-reactive ketones (excluding diaryl/α,β-unsaturated/α-hetero) is 1. The molecule has 0 saturated heterocycles. The molecule has 1 atom stereocenters. The van der Waals surface area contributed by atoms with E-state index in [9.17, 15) is 14.4 Å². The van der Waals surface area contributed by atoms with Gasteiger partial charge in [-0.05, 0) is 44.9 Å². The second kappa shape index (κ2) is 8.86. The van der Waals surface area contributed by atoms with Crippen molar-refractivity contribution in [3.63, 3.8) is 0 Å². The van der Waals surface area contributed by atoms with Gasteiger partial charge in [0, 0.05) is 10.7 Å². The third kappa shape index (κ3) is 4.77. The van der Waals surface area contributed by atoms with Crippen LogP contribution in [-0.2, 0) is 20.7 Å². The number of aromatic amines is 1. The van der Waals surface area contributed by atoms with Gasteiger partial charge in [-0.3, -0.25) is 9.59 Å². The van der Waals surface area contributed by atoms with Crippen molar-refractivity contribution in [1.29, 1.82) is 0 Å². The van der Waals surface area contributed by atoms with Crippen molar-refractivity contribution in [3.8, 4) is 0 Å². The Morgan fingerprint density at radius 3 is 2.48 bits per heavy atom. The summed E-state index contributed by atoms with van der Waals surface area (Å²) < 4.78 is 10.3. The SMILES string of the molecule is CCOC(=O)c1c(C)[nH]c(C(=O)[C@@H](C)OC(=O)Cc2ccccc2Cl)c1C. The Hall–Kier alpha value is -2.60. The van der Waals surface area contributed by atoms with Crippen LogP contribution in [0.4, 0.5) is 0 Å². The lowest BCUT2D eigenvalue weighted by molar-refractivity contribution is -0.145. The lowest BCUT2D eigenvalue weighted by atomic mass is 10.1. The van der Waals surface area contributed by atoms with Gasteiger partial charge < -0.3 is 14.5 Å². The zero-order chi connectivity index (χ0) is 20.1. The quantitative estimate of drug-likeness (QED) is 0.572. The van der Waals surface area contributed by atoms with Crippen molar-refractivity contribution < 1.29 is 23.9 Å². The number of nitrogens with one attached hydrogen (secondary N) is 1. The summed E-state index contributed by atoms with van der Waals surface area (Å²) in [4.78, 5) is 39.8. The van der Waals surface area contributed by atoms with E-state index in [0.29, 0.717) is 27.4 Å². The first-order valence-corrected chi connectivity index (χ1v) is 8.97. The molecule has 6 nitrogen and oxygen atoms in total. The number of aryl methyl sites for hydroxylation is 1. The normalized spacial score (nSPS) is 11.7. The lowest BCUT2D eigenvalue weighted by Crippen LogP contribution is -2.26. The van der Waals surface area contributed by atoms with Gasteiger partial charge in [0.1, 0.15) is 0 Å². The smallest absolute Gasteiger partial charge is 0.340 e. The summed E-state index contributed by atoms with van der Waals surface area (Å²) in [6, 6.07) is 6.94. The van der Waals surface area contributed by atoms with Crippen LogP contribution in [0.15, 0.2) is 24.3 Å². The van der Waals surface area contributed by atoms with Crippen LogP contribution >= 0.6 is 11.6 Å². The van der Waals surface area contributed by atoms with E-state index in [1.807, 2.05) is 0 Å². The molecule has 1 aromatic carbocycles. The Morgan fingerprint density at radius 2 is 1.85 bits per heavy atom. The average Bonchev–Trinajstić information content (AvgIpc) is 2.90. The summed E-state index contributed by atoms with van der Waals surface area (Å²) in [6.45, 7) is 6.78. The van der Waals surface area contributed by atoms with Crippen molar-refractivity contribution in [1.82, 2.24) is 4.98 Å². The molecule has 0 aliphatic heterocycles. The van der Waals surface area contributed by atoms with E-state index in [0.717, 1.165) is 0 Å². The molecule has 1 heterocycles. The number of hydrogen-bond donors (Lipinski definition) is 1. The monoisotopic (exact) mass is 391 g/mol. The number of benzene rings is 1. The Kier molecular flexibility index (Phi) is 6.80. The van der Waals surface area contributed by atoms with Gasteiger partial charge in [0.25, 0.3) is 0 Å². The van der Waals surface area contributed by atoms with Crippen LogP contribution in [-0.4, -0.2) is 35.4 Å². The van der Waals surface area contributed by atoms with Gasteiger partial charge in [0.15, 0.2) is 6.10 Å². The minimum atomic E-state index is -1.01. The van der Waals surface area contributed by atoms with Gasteiger partial charge >= 0.3 is 11.9 Å². The molecule has 0 radical (unpaired) electrons.